The molecule has 0 amide bonds. The van der Waals surface area contributed by atoms with Crippen LogP contribution >= 0.6 is 11.3 Å². The van der Waals surface area contributed by atoms with Crippen molar-refractivity contribution in [2.75, 3.05) is 19.0 Å². The lowest BCUT2D eigenvalue weighted by Crippen LogP contribution is -2.07. The Morgan fingerprint density at radius 1 is 1.69 bits per heavy atom. The molecule has 0 bridgehead atoms. The standard InChI is InChI=1S/C9H13NO2S/c1-4-12-9(11)8-6(2)13-5-7(8)10-3/h5,10H,4H2,1-3H3. The summed E-state index contributed by atoms with van der Waals surface area (Å²) in [7, 11) is 1.80. The molecule has 1 rings (SSSR count). The fourth-order valence-corrected chi connectivity index (χ4v) is 1.94. The van der Waals surface area contributed by atoms with E-state index in [-0.39, 0.29) is 5.97 Å². The summed E-state index contributed by atoms with van der Waals surface area (Å²) < 4.78 is 4.94. The van der Waals surface area contributed by atoms with Crippen LogP contribution in [0.3, 0.4) is 0 Å². The molecule has 1 aromatic heterocycles. The van der Waals surface area contributed by atoms with Crippen LogP contribution in [0.5, 0.6) is 0 Å². The molecule has 0 aliphatic rings. The molecule has 0 fully saturated rings. The maximum atomic E-state index is 11.5. The maximum Gasteiger partial charge on any atom is 0.341 e. The molecule has 3 nitrogen and oxygen atoms in total. The van der Waals surface area contributed by atoms with Crippen molar-refractivity contribution in [3.8, 4) is 0 Å². The van der Waals surface area contributed by atoms with Gasteiger partial charge in [-0.25, -0.2) is 4.79 Å². The van der Waals surface area contributed by atoms with Crippen LogP contribution in [0.1, 0.15) is 22.2 Å². The first-order valence-corrected chi connectivity index (χ1v) is 5.01. The predicted octanol–water partition coefficient (Wildman–Crippen LogP) is 2.27. The summed E-state index contributed by atoms with van der Waals surface area (Å²) in [4.78, 5) is 12.4. The first-order valence-electron chi connectivity index (χ1n) is 4.13. The van der Waals surface area contributed by atoms with Crippen molar-refractivity contribution < 1.29 is 9.53 Å². The van der Waals surface area contributed by atoms with Crippen LogP contribution in [0, 0.1) is 6.92 Å². The van der Waals surface area contributed by atoms with E-state index in [2.05, 4.69) is 5.32 Å². The monoisotopic (exact) mass is 199 g/mol. The topological polar surface area (TPSA) is 38.3 Å². The number of carbonyl (C=O) groups is 1. The average molecular weight is 199 g/mol. The number of esters is 1. The molecular formula is C9H13NO2S. The van der Waals surface area contributed by atoms with Gasteiger partial charge >= 0.3 is 5.97 Å². The van der Waals surface area contributed by atoms with Crippen LogP contribution < -0.4 is 5.32 Å². The zero-order valence-corrected chi connectivity index (χ0v) is 8.83. The fourth-order valence-electron chi connectivity index (χ4n) is 1.10. The summed E-state index contributed by atoms with van der Waals surface area (Å²) in [5.74, 6) is -0.245. The number of hydrogen-bond donors (Lipinski definition) is 1. The Kier molecular flexibility index (Phi) is 3.31. The minimum absolute atomic E-state index is 0.245. The SMILES string of the molecule is CCOC(=O)c1c(NC)csc1C. The maximum absolute atomic E-state index is 11.5. The molecule has 0 radical (unpaired) electrons. The van der Waals surface area contributed by atoms with Gasteiger partial charge in [-0.2, -0.15) is 0 Å². The summed E-state index contributed by atoms with van der Waals surface area (Å²) >= 11 is 1.55. The molecule has 0 saturated carbocycles. The highest BCUT2D eigenvalue weighted by molar-refractivity contribution is 7.10. The molecule has 4 heteroatoms. The molecule has 0 aliphatic carbocycles. The van der Waals surface area contributed by atoms with E-state index in [0.717, 1.165) is 10.6 Å². The van der Waals surface area contributed by atoms with Gasteiger partial charge in [-0.05, 0) is 13.8 Å². The Balaban J connectivity index is 2.96. The molecule has 1 N–H and O–H groups in total. The Bertz CT molecular complexity index is 307. The van der Waals surface area contributed by atoms with E-state index in [4.69, 9.17) is 4.74 Å². The molecular weight excluding hydrogens is 186 g/mol. The molecule has 0 spiro atoms. The molecule has 0 atom stereocenters. The quantitative estimate of drug-likeness (QED) is 0.759. The second kappa shape index (κ2) is 4.28. The van der Waals surface area contributed by atoms with E-state index >= 15 is 0 Å². The van der Waals surface area contributed by atoms with Gasteiger partial charge < -0.3 is 10.1 Å². The summed E-state index contributed by atoms with van der Waals surface area (Å²) in [6.07, 6.45) is 0. The number of carbonyl (C=O) groups excluding carboxylic acids is 1. The van der Waals surface area contributed by atoms with Gasteiger partial charge in [0.1, 0.15) is 0 Å². The van der Waals surface area contributed by atoms with Crippen molar-refractivity contribution in [1.29, 1.82) is 0 Å². The molecule has 0 aliphatic heterocycles. The summed E-state index contributed by atoms with van der Waals surface area (Å²) in [6, 6.07) is 0. The van der Waals surface area contributed by atoms with Gasteiger partial charge in [0.15, 0.2) is 0 Å². The molecule has 1 aromatic rings. The van der Waals surface area contributed by atoms with Crippen molar-refractivity contribution in [2.24, 2.45) is 0 Å². The number of aryl methyl sites for hydroxylation is 1. The van der Waals surface area contributed by atoms with Crippen LogP contribution in [0.15, 0.2) is 5.38 Å². The van der Waals surface area contributed by atoms with Gasteiger partial charge in [-0.15, -0.1) is 11.3 Å². The zero-order valence-electron chi connectivity index (χ0n) is 8.01. The third kappa shape index (κ3) is 2.01. The molecule has 13 heavy (non-hydrogen) atoms. The smallest absolute Gasteiger partial charge is 0.341 e. The number of thiophene rings is 1. The third-order valence-electron chi connectivity index (χ3n) is 1.72. The van der Waals surface area contributed by atoms with Crippen LogP contribution in [0.25, 0.3) is 0 Å². The summed E-state index contributed by atoms with van der Waals surface area (Å²) in [5, 5.41) is 4.88. The normalized spacial score (nSPS) is 9.77. The summed E-state index contributed by atoms with van der Waals surface area (Å²) in [6.45, 7) is 4.13. The first-order chi connectivity index (χ1) is 6.20. The van der Waals surface area contributed by atoms with Crippen molar-refractivity contribution in [3.05, 3.63) is 15.8 Å². The van der Waals surface area contributed by atoms with Gasteiger partial charge in [0.05, 0.1) is 17.9 Å². The van der Waals surface area contributed by atoms with E-state index in [9.17, 15) is 4.79 Å². The Morgan fingerprint density at radius 3 is 2.92 bits per heavy atom. The summed E-state index contributed by atoms with van der Waals surface area (Å²) in [5.41, 5.74) is 1.51. The second-order valence-electron chi connectivity index (χ2n) is 2.55. The van der Waals surface area contributed by atoms with Crippen LogP contribution in [0.4, 0.5) is 5.69 Å². The van der Waals surface area contributed by atoms with Crippen LogP contribution in [0.2, 0.25) is 0 Å². The van der Waals surface area contributed by atoms with E-state index in [1.165, 1.54) is 0 Å². The van der Waals surface area contributed by atoms with Crippen molar-refractivity contribution >= 4 is 23.0 Å². The highest BCUT2D eigenvalue weighted by Gasteiger charge is 2.16. The van der Waals surface area contributed by atoms with Crippen molar-refractivity contribution in [3.63, 3.8) is 0 Å². The van der Waals surface area contributed by atoms with E-state index in [1.807, 2.05) is 12.3 Å². The fraction of sp³-hybridized carbons (Fsp3) is 0.444. The number of hydrogen-bond acceptors (Lipinski definition) is 4. The van der Waals surface area contributed by atoms with Gasteiger partial charge in [0.2, 0.25) is 0 Å². The Morgan fingerprint density at radius 2 is 2.38 bits per heavy atom. The number of anilines is 1. The van der Waals surface area contributed by atoms with Gasteiger partial charge in [0, 0.05) is 17.3 Å². The lowest BCUT2D eigenvalue weighted by molar-refractivity contribution is 0.0527. The minimum atomic E-state index is -0.245. The van der Waals surface area contributed by atoms with E-state index < -0.39 is 0 Å². The number of rotatable bonds is 3. The van der Waals surface area contributed by atoms with Crippen molar-refractivity contribution in [1.82, 2.24) is 0 Å². The van der Waals surface area contributed by atoms with Gasteiger partial charge in [-0.1, -0.05) is 0 Å². The largest absolute Gasteiger partial charge is 0.462 e. The highest BCUT2D eigenvalue weighted by Crippen LogP contribution is 2.26. The zero-order chi connectivity index (χ0) is 9.84. The van der Waals surface area contributed by atoms with Gasteiger partial charge in [0.25, 0.3) is 0 Å². The predicted molar refractivity (Wildman–Crippen MR) is 54.6 cm³/mol. The second-order valence-corrected chi connectivity index (χ2v) is 3.63. The van der Waals surface area contributed by atoms with Crippen molar-refractivity contribution in [2.45, 2.75) is 13.8 Å². The average Bonchev–Trinajstić information content (AvgIpc) is 2.47. The minimum Gasteiger partial charge on any atom is -0.462 e. The Labute approximate surface area is 81.7 Å². The third-order valence-corrected chi connectivity index (χ3v) is 2.64. The van der Waals surface area contributed by atoms with Crippen LogP contribution in [-0.2, 0) is 4.74 Å². The first kappa shape index (κ1) is 10.1. The number of nitrogens with one attached hydrogen (secondary N) is 1. The molecule has 72 valence electrons. The molecule has 0 saturated heterocycles. The molecule has 0 unspecified atom stereocenters. The Hall–Kier alpha value is -1.03. The van der Waals surface area contributed by atoms with E-state index in [0.29, 0.717) is 12.2 Å². The van der Waals surface area contributed by atoms with Crippen LogP contribution in [-0.4, -0.2) is 19.6 Å². The lowest BCUT2D eigenvalue weighted by atomic mass is 10.2. The lowest BCUT2D eigenvalue weighted by Gasteiger charge is -2.03. The van der Waals surface area contributed by atoms with E-state index in [1.54, 1.807) is 25.3 Å². The highest BCUT2D eigenvalue weighted by atomic mass is 32.1. The molecule has 1 heterocycles. The number of ether oxygens (including phenoxy) is 1. The van der Waals surface area contributed by atoms with Gasteiger partial charge in [-0.3, -0.25) is 0 Å². The molecule has 0 aromatic carbocycles.